The van der Waals surface area contributed by atoms with Crippen LogP contribution >= 0.6 is 0 Å². The van der Waals surface area contributed by atoms with E-state index in [1.807, 2.05) is 12.5 Å². The highest BCUT2D eigenvalue weighted by atomic mass is 16.3. The van der Waals surface area contributed by atoms with Crippen LogP contribution in [0.25, 0.3) is 33.0 Å². The molecule has 0 amide bonds. The highest BCUT2D eigenvalue weighted by molar-refractivity contribution is 6.02. The number of furan rings is 1. The van der Waals surface area contributed by atoms with Gasteiger partial charge in [-0.15, -0.1) is 0 Å². The first-order valence-electron chi connectivity index (χ1n) is 12.5. The van der Waals surface area contributed by atoms with E-state index in [0.29, 0.717) is 17.3 Å². The smallest absolute Gasteiger partial charge is 0.143 e. The van der Waals surface area contributed by atoms with Crippen molar-refractivity contribution in [3.8, 4) is 11.3 Å². The molecule has 164 valence electrons. The number of fused-ring (bicyclic) bond motifs is 2. The summed E-state index contributed by atoms with van der Waals surface area (Å²) in [6.45, 7) is 4.83. The highest BCUT2D eigenvalue weighted by Gasteiger charge is 2.28. The number of aromatic nitrogens is 1. The Hall–Kier alpha value is -2.61. The molecule has 0 atom stereocenters. The summed E-state index contributed by atoms with van der Waals surface area (Å²) in [6, 6.07) is 16.1. The molecule has 2 heteroatoms. The molecule has 2 saturated carbocycles. The minimum Gasteiger partial charge on any atom is -0.464 e. The van der Waals surface area contributed by atoms with Crippen LogP contribution < -0.4 is 0 Å². The average Bonchev–Trinajstić information content (AvgIpc) is 3.50. The Morgan fingerprint density at radius 1 is 0.812 bits per heavy atom. The van der Waals surface area contributed by atoms with Crippen molar-refractivity contribution in [3.63, 3.8) is 0 Å². The number of nitrogens with zero attached hydrogens (tertiary/aromatic N) is 1. The van der Waals surface area contributed by atoms with E-state index < -0.39 is 0 Å². The second kappa shape index (κ2) is 7.76. The Morgan fingerprint density at radius 3 is 2.38 bits per heavy atom. The quantitative estimate of drug-likeness (QED) is 0.328. The summed E-state index contributed by atoms with van der Waals surface area (Å²) in [5.74, 6) is 1.36. The first kappa shape index (κ1) is 20.0. The molecule has 2 aromatic heterocycles. The van der Waals surface area contributed by atoms with Gasteiger partial charge >= 0.3 is 0 Å². The van der Waals surface area contributed by atoms with E-state index in [-0.39, 0.29) is 0 Å². The molecule has 0 spiro atoms. The molecular formula is C30H33NO. The third-order valence-corrected chi connectivity index (χ3v) is 8.25. The van der Waals surface area contributed by atoms with Gasteiger partial charge in [0.2, 0.25) is 0 Å². The van der Waals surface area contributed by atoms with Gasteiger partial charge in [0.15, 0.2) is 0 Å². The van der Waals surface area contributed by atoms with Crippen molar-refractivity contribution in [1.29, 1.82) is 0 Å². The largest absolute Gasteiger partial charge is 0.464 e. The maximum atomic E-state index is 5.97. The number of benzene rings is 2. The third-order valence-electron chi connectivity index (χ3n) is 8.25. The van der Waals surface area contributed by atoms with Crippen LogP contribution in [-0.2, 0) is 0 Å². The number of hydrogen-bond donors (Lipinski definition) is 0. The van der Waals surface area contributed by atoms with E-state index in [1.165, 1.54) is 78.7 Å². The predicted octanol–water partition coefficient (Wildman–Crippen LogP) is 8.99. The summed E-state index contributed by atoms with van der Waals surface area (Å²) >= 11 is 0. The van der Waals surface area contributed by atoms with Gasteiger partial charge in [0.05, 0.1) is 12.0 Å². The van der Waals surface area contributed by atoms with Crippen LogP contribution in [0, 0.1) is 5.41 Å². The lowest BCUT2D eigenvalue weighted by molar-refractivity contribution is 0.224. The molecular weight excluding hydrogens is 390 g/mol. The van der Waals surface area contributed by atoms with Crippen molar-refractivity contribution < 1.29 is 4.42 Å². The lowest BCUT2D eigenvalue weighted by atomic mass is 9.71. The van der Waals surface area contributed by atoms with E-state index in [9.17, 15) is 0 Å². The van der Waals surface area contributed by atoms with E-state index >= 15 is 0 Å². The van der Waals surface area contributed by atoms with Gasteiger partial charge in [-0.1, -0.05) is 44.9 Å². The normalized spacial score (nSPS) is 19.8. The van der Waals surface area contributed by atoms with Crippen molar-refractivity contribution in [1.82, 2.24) is 4.98 Å². The van der Waals surface area contributed by atoms with Gasteiger partial charge in [0.25, 0.3) is 0 Å². The van der Waals surface area contributed by atoms with Crippen LogP contribution in [0.15, 0.2) is 59.3 Å². The van der Waals surface area contributed by atoms with Gasteiger partial charge in [-0.2, -0.15) is 0 Å². The van der Waals surface area contributed by atoms with Gasteiger partial charge < -0.3 is 4.42 Å². The number of pyridine rings is 1. The molecule has 0 unspecified atom stereocenters. The zero-order valence-electron chi connectivity index (χ0n) is 19.4. The van der Waals surface area contributed by atoms with Crippen LogP contribution in [0.5, 0.6) is 0 Å². The van der Waals surface area contributed by atoms with Crippen LogP contribution in [0.2, 0.25) is 0 Å². The predicted molar refractivity (Wildman–Crippen MR) is 133 cm³/mol. The first-order valence-corrected chi connectivity index (χ1v) is 12.5. The fraction of sp³-hybridized carbons (Fsp3) is 0.433. The van der Waals surface area contributed by atoms with Crippen LogP contribution in [0.4, 0.5) is 0 Å². The monoisotopic (exact) mass is 423 g/mol. The summed E-state index contributed by atoms with van der Waals surface area (Å²) in [6.07, 6.45) is 14.3. The molecule has 0 saturated heterocycles. The van der Waals surface area contributed by atoms with Crippen LogP contribution in [0.3, 0.4) is 0 Å². The molecule has 2 fully saturated rings. The average molecular weight is 424 g/mol. The minimum absolute atomic E-state index is 0.503. The Kier molecular flexibility index (Phi) is 4.86. The summed E-state index contributed by atoms with van der Waals surface area (Å²) in [5.41, 5.74) is 6.61. The Morgan fingerprint density at radius 2 is 1.56 bits per heavy atom. The zero-order chi connectivity index (χ0) is 21.7. The molecule has 0 N–H and O–H groups in total. The molecule has 0 radical (unpaired) electrons. The molecule has 2 nitrogen and oxygen atoms in total. The van der Waals surface area contributed by atoms with E-state index in [0.717, 1.165) is 16.8 Å². The summed E-state index contributed by atoms with van der Waals surface area (Å²) in [4.78, 5) is 4.88. The lowest BCUT2D eigenvalue weighted by Crippen LogP contribution is -2.20. The standard InChI is InChI=1S/C30H33NO/c1-30(2)13-9-21(10-14-30)22-7-8-26-23(17-22)11-15-31-28(26)27-19-25(20-5-3-4-6-20)18-24-12-16-32-29(24)27/h7-8,11-12,15-21H,3-6,9-10,13-14H2,1-2H3. The second-order valence-corrected chi connectivity index (χ2v) is 11.0. The first-order chi connectivity index (χ1) is 15.6. The molecule has 2 heterocycles. The van der Waals surface area contributed by atoms with Gasteiger partial charge in [-0.3, -0.25) is 4.98 Å². The maximum absolute atomic E-state index is 5.97. The molecule has 0 aliphatic heterocycles. The molecule has 2 aliphatic carbocycles. The fourth-order valence-corrected chi connectivity index (χ4v) is 6.17. The SMILES string of the molecule is CC1(C)CCC(c2ccc3c(-c4cc(C5CCCC5)cc5ccoc45)nccc3c2)CC1. The second-order valence-electron chi connectivity index (χ2n) is 11.0. The van der Waals surface area contributed by atoms with Gasteiger partial charge in [0.1, 0.15) is 5.58 Å². The van der Waals surface area contributed by atoms with Crippen LogP contribution in [0.1, 0.15) is 88.2 Å². The summed E-state index contributed by atoms with van der Waals surface area (Å²) < 4.78 is 5.97. The fourth-order valence-electron chi connectivity index (χ4n) is 6.17. The third kappa shape index (κ3) is 3.54. The van der Waals surface area contributed by atoms with Crippen molar-refractivity contribution in [2.45, 2.75) is 77.0 Å². The van der Waals surface area contributed by atoms with Crippen LogP contribution in [-0.4, -0.2) is 4.98 Å². The van der Waals surface area contributed by atoms with E-state index in [2.05, 4.69) is 56.3 Å². The minimum atomic E-state index is 0.503. The van der Waals surface area contributed by atoms with Gasteiger partial charge in [0, 0.05) is 22.5 Å². The van der Waals surface area contributed by atoms with Crippen molar-refractivity contribution >= 4 is 21.7 Å². The van der Waals surface area contributed by atoms with E-state index in [1.54, 1.807) is 0 Å². The maximum Gasteiger partial charge on any atom is 0.143 e. The van der Waals surface area contributed by atoms with Crippen molar-refractivity contribution in [3.05, 3.63) is 66.1 Å². The Bertz CT molecular complexity index is 1260. The molecule has 0 bridgehead atoms. The molecule has 6 rings (SSSR count). The summed E-state index contributed by atoms with van der Waals surface area (Å²) in [7, 11) is 0. The molecule has 2 aromatic carbocycles. The summed E-state index contributed by atoms with van der Waals surface area (Å²) in [5, 5.41) is 3.72. The Labute approximate surface area is 191 Å². The zero-order valence-corrected chi connectivity index (χ0v) is 19.4. The lowest BCUT2D eigenvalue weighted by Gasteiger charge is -2.34. The number of hydrogen-bond acceptors (Lipinski definition) is 2. The van der Waals surface area contributed by atoms with Crippen molar-refractivity contribution in [2.24, 2.45) is 5.41 Å². The van der Waals surface area contributed by atoms with E-state index in [4.69, 9.17) is 9.40 Å². The molecule has 2 aliphatic rings. The molecule has 32 heavy (non-hydrogen) atoms. The van der Waals surface area contributed by atoms with Gasteiger partial charge in [-0.25, -0.2) is 0 Å². The highest BCUT2D eigenvalue weighted by Crippen LogP contribution is 2.44. The van der Waals surface area contributed by atoms with Crippen molar-refractivity contribution in [2.75, 3.05) is 0 Å². The van der Waals surface area contributed by atoms with Gasteiger partial charge in [-0.05, 0) is 96.6 Å². The number of rotatable bonds is 3. The topological polar surface area (TPSA) is 26.0 Å². The Balaban J connectivity index is 1.43. The molecule has 4 aromatic rings.